The number of piperidine rings is 3. The fourth-order valence-electron chi connectivity index (χ4n) is 7.94. The lowest BCUT2D eigenvalue weighted by atomic mass is 9.81. The van der Waals surface area contributed by atoms with E-state index in [9.17, 15) is 0 Å². The predicted molar refractivity (Wildman–Crippen MR) is 112 cm³/mol. The van der Waals surface area contributed by atoms with Crippen LogP contribution in [0.2, 0.25) is 0 Å². The van der Waals surface area contributed by atoms with Gasteiger partial charge in [-0.15, -0.1) is 0 Å². The van der Waals surface area contributed by atoms with Gasteiger partial charge in [-0.05, 0) is 56.4 Å². The maximum Gasteiger partial charge on any atom is 0.0236 e. The fourth-order valence-corrected chi connectivity index (χ4v) is 7.94. The summed E-state index contributed by atoms with van der Waals surface area (Å²) < 4.78 is 0. The SMILES string of the molecule is CN1CC2CC(CN3CC4NCC3CC4CN3CC4CCC(C3)N4)C(C1)C2N. The highest BCUT2D eigenvalue weighted by molar-refractivity contribution is 5.04. The number of nitrogens with one attached hydrogen (secondary N) is 2. The summed E-state index contributed by atoms with van der Waals surface area (Å²) in [5.41, 5.74) is 6.60. The van der Waals surface area contributed by atoms with Gasteiger partial charge in [-0.25, -0.2) is 0 Å². The van der Waals surface area contributed by atoms with Crippen molar-refractivity contribution in [2.45, 2.75) is 55.9 Å². The summed E-state index contributed by atoms with van der Waals surface area (Å²) in [6, 6.07) is 3.46. The molecule has 0 radical (unpaired) electrons. The van der Waals surface area contributed by atoms with E-state index in [0.29, 0.717) is 12.1 Å². The van der Waals surface area contributed by atoms with Crippen LogP contribution in [0.25, 0.3) is 0 Å². The average molecular weight is 389 g/mol. The predicted octanol–water partition coefficient (Wildman–Crippen LogP) is -0.390. The Balaban J connectivity index is 1.06. The first-order chi connectivity index (χ1) is 13.6. The van der Waals surface area contributed by atoms with E-state index in [1.54, 1.807) is 0 Å². The summed E-state index contributed by atoms with van der Waals surface area (Å²) in [6.07, 6.45) is 5.56. The van der Waals surface area contributed by atoms with Gasteiger partial charge in [-0.3, -0.25) is 9.80 Å². The van der Waals surface area contributed by atoms with Crippen LogP contribution in [0.3, 0.4) is 0 Å². The minimum atomic E-state index is 0.456. The first-order valence-electron chi connectivity index (χ1n) is 12.0. The lowest BCUT2D eigenvalue weighted by Crippen LogP contribution is -2.67. The van der Waals surface area contributed by atoms with Crippen LogP contribution in [-0.4, -0.2) is 104 Å². The fraction of sp³-hybridized carbons (Fsp3) is 1.00. The van der Waals surface area contributed by atoms with Gasteiger partial charge in [0.1, 0.15) is 0 Å². The van der Waals surface area contributed by atoms with Crippen LogP contribution in [0.15, 0.2) is 0 Å². The van der Waals surface area contributed by atoms with Crippen LogP contribution in [0.1, 0.15) is 25.7 Å². The molecule has 7 aliphatic rings. The number of piperazine rings is 2. The minimum Gasteiger partial charge on any atom is -0.327 e. The van der Waals surface area contributed by atoms with Crippen molar-refractivity contribution in [2.75, 3.05) is 59.4 Å². The minimum absolute atomic E-state index is 0.456. The molecule has 1 saturated carbocycles. The molecule has 6 nitrogen and oxygen atoms in total. The van der Waals surface area contributed by atoms with E-state index >= 15 is 0 Å². The molecule has 6 bridgehead atoms. The van der Waals surface area contributed by atoms with E-state index in [1.807, 2.05) is 0 Å². The van der Waals surface area contributed by atoms with Crippen molar-refractivity contribution in [3.05, 3.63) is 0 Å². The van der Waals surface area contributed by atoms with Crippen LogP contribution in [0, 0.1) is 23.7 Å². The van der Waals surface area contributed by atoms with Crippen LogP contribution in [0.5, 0.6) is 0 Å². The molecule has 6 heterocycles. The van der Waals surface area contributed by atoms with Crippen molar-refractivity contribution < 1.29 is 0 Å². The van der Waals surface area contributed by atoms with Gasteiger partial charge in [-0.1, -0.05) is 0 Å². The molecular weight excluding hydrogens is 348 g/mol. The Labute approximate surface area is 170 Å². The number of hydrogen-bond acceptors (Lipinski definition) is 6. The van der Waals surface area contributed by atoms with E-state index in [4.69, 9.17) is 5.73 Å². The highest BCUT2D eigenvalue weighted by Crippen LogP contribution is 2.41. The zero-order chi connectivity index (χ0) is 18.8. The maximum absolute atomic E-state index is 6.60. The van der Waals surface area contributed by atoms with Gasteiger partial charge in [-0.2, -0.15) is 0 Å². The summed E-state index contributed by atoms with van der Waals surface area (Å²) >= 11 is 0. The van der Waals surface area contributed by atoms with Crippen molar-refractivity contribution >= 4 is 0 Å². The lowest BCUT2D eigenvalue weighted by Gasteiger charge is -2.52. The third-order valence-corrected chi connectivity index (χ3v) is 9.28. The molecule has 4 N–H and O–H groups in total. The summed E-state index contributed by atoms with van der Waals surface area (Å²) in [6.45, 7) is 10.1. The third-order valence-electron chi connectivity index (χ3n) is 9.28. The standard InChI is InChI=1S/C22H40N6/c1-26-7-16-4-14(20(12-26)22(16)23)9-28-13-21-15(5-19(28)6-24-21)8-27-10-17-2-3-18(11-27)25-17/h14-22,24-25H,2-13,23H2,1H3. The van der Waals surface area contributed by atoms with E-state index in [2.05, 4.69) is 32.4 Å². The Morgan fingerprint density at radius 3 is 2.50 bits per heavy atom. The first kappa shape index (κ1) is 18.5. The van der Waals surface area contributed by atoms with Crippen LogP contribution >= 0.6 is 0 Å². The number of rotatable bonds is 4. The van der Waals surface area contributed by atoms with Crippen LogP contribution in [0.4, 0.5) is 0 Å². The van der Waals surface area contributed by atoms with Gasteiger partial charge in [0.05, 0.1) is 0 Å². The smallest absolute Gasteiger partial charge is 0.0236 e. The number of fused-ring (bicyclic) bond motifs is 7. The molecule has 28 heavy (non-hydrogen) atoms. The molecule has 1 aliphatic carbocycles. The lowest BCUT2D eigenvalue weighted by molar-refractivity contribution is 0.00291. The topological polar surface area (TPSA) is 59.8 Å². The van der Waals surface area contributed by atoms with E-state index in [-0.39, 0.29) is 0 Å². The van der Waals surface area contributed by atoms with Gasteiger partial charge in [0, 0.05) is 82.6 Å². The number of nitrogens with zero attached hydrogens (tertiary/aromatic N) is 3. The molecule has 6 saturated heterocycles. The normalized spacial score (nSPS) is 51.9. The average Bonchev–Trinajstić information content (AvgIpc) is 3.09. The molecule has 0 aromatic rings. The van der Waals surface area contributed by atoms with Crippen LogP contribution < -0.4 is 16.4 Å². The second kappa shape index (κ2) is 7.17. The Hall–Kier alpha value is -0.240. The van der Waals surface area contributed by atoms with Crippen LogP contribution in [-0.2, 0) is 0 Å². The highest BCUT2D eigenvalue weighted by Gasteiger charge is 2.48. The number of likely N-dealkylation sites (tertiary alicyclic amines) is 2. The van der Waals surface area contributed by atoms with E-state index < -0.39 is 0 Å². The second-order valence-corrected chi connectivity index (χ2v) is 11.2. The largest absolute Gasteiger partial charge is 0.327 e. The number of nitrogens with two attached hydrogens (primary N) is 1. The molecular formula is C22H40N6. The summed E-state index contributed by atoms with van der Waals surface area (Å²) in [5.74, 6) is 3.14. The quantitative estimate of drug-likeness (QED) is 0.610. The summed E-state index contributed by atoms with van der Waals surface area (Å²) in [5, 5.41) is 7.68. The van der Waals surface area contributed by atoms with Gasteiger partial charge in [0.15, 0.2) is 0 Å². The molecule has 6 aliphatic heterocycles. The van der Waals surface area contributed by atoms with Crippen molar-refractivity contribution in [2.24, 2.45) is 29.4 Å². The van der Waals surface area contributed by atoms with E-state index in [0.717, 1.165) is 41.8 Å². The van der Waals surface area contributed by atoms with Crippen molar-refractivity contribution in [3.8, 4) is 0 Å². The van der Waals surface area contributed by atoms with Gasteiger partial charge in [0.2, 0.25) is 0 Å². The second-order valence-electron chi connectivity index (χ2n) is 11.2. The molecule has 7 fully saturated rings. The highest BCUT2D eigenvalue weighted by atomic mass is 15.3. The molecule has 0 spiro atoms. The van der Waals surface area contributed by atoms with Crippen molar-refractivity contribution in [1.29, 1.82) is 0 Å². The summed E-state index contributed by atoms with van der Waals surface area (Å²) in [7, 11) is 2.29. The molecule has 9 atom stereocenters. The third kappa shape index (κ3) is 3.25. The van der Waals surface area contributed by atoms with Crippen molar-refractivity contribution in [3.63, 3.8) is 0 Å². The van der Waals surface area contributed by atoms with Gasteiger partial charge < -0.3 is 21.3 Å². The first-order valence-corrected chi connectivity index (χ1v) is 12.0. The Kier molecular flexibility index (Phi) is 4.74. The molecule has 0 aromatic heterocycles. The van der Waals surface area contributed by atoms with Gasteiger partial charge >= 0.3 is 0 Å². The monoisotopic (exact) mass is 388 g/mol. The molecule has 7 rings (SSSR count). The van der Waals surface area contributed by atoms with E-state index in [1.165, 1.54) is 78.0 Å². The molecule has 0 aromatic carbocycles. The summed E-state index contributed by atoms with van der Waals surface area (Å²) in [4.78, 5) is 8.17. The molecule has 0 amide bonds. The maximum atomic E-state index is 6.60. The zero-order valence-electron chi connectivity index (χ0n) is 17.6. The molecule has 6 heteroatoms. The Morgan fingerprint density at radius 2 is 1.75 bits per heavy atom. The van der Waals surface area contributed by atoms with Gasteiger partial charge in [0.25, 0.3) is 0 Å². The molecule has 158 valence electrons. The Morgan fingerprint density at radius 1 is 0.929 bits per heavy atom. The molecule has 9 unspecified atom stereocenters. The van der Waals surface area contributed by atoms with Crippen molar-refractivity contribution in [1.82, 2.24) is 25.3 Å². The zero-order valence-corrected chi connectivity index (χ0v) is 17.6. The Bertz CT molecular complexity index is 573. The number of hydrogen-bond donors (Lipinski definition) is 3.